The van der Waals surface area contributed by atoms with Crippen LogP contribution in [-0.2, 0) is 4.79 Å². The molecule has 2 rings (SSSR count). The number of nitrogens with zero attached hydrogens (tertiary/aromatic N) is 1. The molecule has 0 aromatic carbocycles. The van der Waals surface area contributed by atoms with Crippen LogP contribution in [0.1, 0.15) is 45.4 Å². The predicted octanol–water partition coefficient (Wildman–Crippen LogP) is 1.80. The fourth-order valence-electron chi connectivity index (χ4n) is 3.10. The first-order valence-corrected chi connectivity index (χ1v) is 6.63. The van der Waals surface area contributed by atoms with Gasteiger partial charge in [-0.05, 0) is 18.8 Å². The Bertz CT molecular complexity index is 248. The summed E-state index contributed by atoms with van der Waals surface area (Å²) >= 11 is 0. The summed E-state index contributed by atoms with van der Waals surface area (Å²) in [4.78, 5) is 13.9. The van der Waals surface area contributed by atoms with E-state index in [1.807, 2.05) is 11.8 Å². The molecular formula is C13H23NO2. The van der Waals surface area contributed by atoms with Gasteiger partial charge in [0.1, 0.15) is 0 Å². The van der Waals surface area contributed by atoms with Crippen LogP contribution < -0.4 is 0 Å². The summed E-state index contributed by atoms with van der Waals surface area (Å²) in [5.74, 6) is 1.17. The van der Waals surface area contributed by atoms with Crippen molar-refractivity contribution in [3.8, 4) is 0 Å². The van der Waals surface area contributed by atoms with Gasteiger partial charge in [0, 0.05) is 19.0 Å². The second-order valence-electron chi connectivity index (χ2n) is 5.51. The number of hydrogen-bond acceptors (Lipinski definition) is 2. The van der Waals surface area contributed by atoms with Crippen molar-refractivity contribution in [2.45, 2.75) is 51.6 Å². The van der Waals surface area contributed by atoms with Gasteiger partial charge < -0.3 is 10.0 Å². The average Bonchev–Trinajstić information content (AvgIpc) is 2.88. The van der Waals surface area contributed by atoms with E-state index in [4.69, 9.17) is 0 Å². The van der Waals surface area contributed by atoms with Crippen molar-refractivity contribution >= 4 is 5.91 Å². The van der Waals surface area contributed by atoms with Crippen molar-refractivity contribution in [1.29, 1.82) is 0 Å². The number of β-amino-alcohol motifs (C(OH)–C–C–N with tert-alkyl or cyclic N) is 1. The minimum absolute atomic E-state index is 0.147. The molecular weight excluding hydrogens is 202 g/mol. The van der Waals surface area contributed by atoms with Gasteiger partial charge in [0.2, 0.25) is 5.91 Å². The Labute approximate surface area is 97.8 Å². The normalized spacial score (nSPS) is 28.6. The van der Waals surface area contributed by atoms with E-state index in [1.54, 1.807) is 0 Å². The molecule has 1 amide bonds. The highest BCUT2D eigenvalue weighted by Gasteiger charge is 2.29. The lowest BCUT2D eigenvalue weighted by Crippen LogP contribution is -2.34. The van der Waals surface area contributed by atoms with Crippen LogP contribution in [0.15, 0.2) is 0 Å². The monoisotopic (exact) mass is 225 g/mol. The van der Waals surface area contributed by atoms with Crippen molar-refractivity contribution in [2.75, 3.05) is 13.1 Å². The topological polar surface area (TPSA) is 40.5 Å². The molecule has 1 saturated carbocycles. The third-order valence-corrected chi connectivity index (χ3v) is 4.06. The van der Waals surface area contributed by atoms with Gasteiger partial charge in [-0.2, -0.15) is 0 Å². The van der Waals surface area contributed by atoms with E-state index >= 15 is 0 Å². The average molecular weight is 225 g/mol. The zero-order chi connectivity index (χ0) is 11.5. The van der Waals surface area contributed by atoms with Crippen LogP contribution >= 0.6 is 0 Å². The third-order valence-electron chi connectivity index (χ3n) is 4.06. The van der Waals surface area contributed by atoms with Crippen LogP contribution in [-0.4, -0.2) is 35.1 Å². The standard InChI is InChI=1S/C13H23NO2/c1-10(8-11-4-2-3-5-11)13(16)14-7-6-12(15)9-14/h10-12,15H,2-9H2,1H3/t10?,12-/m1/s1. The highest BCUT2D eigenvalue weighted by molar-refractivity contribution is 5.78. The molecule has 0 spiro atoms. The molecule has 3 nitrogen and oxygen atoms in total. The molecule has 1 aliphatic carbocycles. The van der Waals surface area contributed by atoms with Gasteiger partial charge in [0.25, 0.3) is 0 Å². The Hall–Kier alpha value is -0.570. The molecule has 1 unspecified atom stereocenters. The lowest BCUT2D eigenvalue weighted by atomic mass is 9.93. The molecule has 1 saturated heterocycles. The van der Waals surface area contributed by atoms with Gasteiger partial charge in [0.15, 0.2) is 0 Å². The number of likely N-dealkylation sites (tertiary alicyclic amines) is 1. The Morgan fingerprint density at radius 1 is 1.38 bits per heavy atom. The molecule has 1 aliphatic heterocycles. The number of amides is 1. The van der Waals surface area contributed by atoms with E-state index in [9.17, 15) is 9.90 Å². The Balaban J connectivity index is 1.79. The van der Waals surface area contributed by atoms with Crippen molar-refractivity contribution in [3.63, 3.8) is 0 Å². The minimum atomic E-state index is -0.289. The van der Waals surface area contributed by atoms with Crippen LogP contribution in [0.3, 0.4) is 0 Å². The number of aliphatic hydroxyl groups is 1. The van der Waals surface area contributed by atoms with E-state index in [1.165, 1.54) is 25.7 Å². The summed E-state index contributed by atoms with van der Waals surface area (Å²) in [6.07, 6.45) is 6.80. The van der Waals surface area contributed by atoms with Crippen LogP contribution in [0, 0.1) is 11.8 Å². The fraction of sp³-hybridized carbons (Fsp3) is 0.923. The Morgan fingerprint density at radius 2 is 2.06 bits per heavy atom. The summed E-state index contributed by atoms with van der Waals surface area (Å²) in [6.45, 7) is 3.34. The molecule has 1 heterocycles. The van der Waals surface area contributed by atoms with Gasteiger partial charge in [-0.3, -0.25) is 4.79 Å². The van der Waals surface area contributed by atoms with Gasteiger partial charge >= 0.3 is 0 Å². The first kappa shape index (κ1) is 11.9. The predicted molar refractivity (Wildman–Crippen MR) is 62.9 cm³/mol. The van der Waals surface area contributed by atoms with Crippen molar-refractivity contribution < 1.29 is 9.90 Å². The van der Waals surface area contributed by atoms with Gasteiger partial charge in [-0.1, -0.05) is 32.6 Å². The molecule has 2 aliphatic rings. The highest BCUT2D eigenvalue weighted by Crippen LogP contribution is 2.31. The first-order chi connectivity index (χ1) is 7.66. The van der Waals surface area contributed by atoms with E-state index < -0.39 is 0 Å². The summed E-state index contributed by atoms with van der Waals surface area (Å²) < 4.78 is 0. The van der Waals surface area contributed by atoms with E-state index in [2.05, 4.69) is 0 Å². The maximum atomic E-state index is 12.1. The summed E-state index contributed by atoms with van der Waals surface area (Å²) in [5.41, 5.74) is 0. The van der Waals surface area contributed by atoms with E-state index in [-0.39, 0.29) is 17.9 Å². The number of carbonyl (C=O) groups is 1. The molecule has 0 aromatic heterocycles. The van der Waals surface area contributed by atoms with Crippen LogP contribution in [0.4, 0.5) is 0 Å². The summed E-state index contributed by atoms with van der Waals surface area (Å²) in [7, 11) is 0. The summed E-state index contributed by atoms with van der Waals surface area (Å²) in [5, 5.41) is 9.42. The molecule has 3 heteroatoms. The number of hydrogen-bond donors (Lipinski definition) is 1. The highest BCUT2D eigenvalue weighted by atomic mass is 16.3. The van der Waals surface area contributed by atoms with Crippen LogP contribution in [0.2, 0.25) is 0 Å². The molecule has 16 heavy (non-hydrogen) atoms. The smallest absolute Gasteiger partial charge is 0.225 e. The van der Waals surface area contributed by atoms with Crippen LogP contribution in [0.5, 0.6) is 0 Å². The Morgan fingerprint density at radius 3 is 2.62 bits per heavy atom. The second kappa shape index (κ2) is 5.17. The Kier molecular flexibility index (Phi) is 3.85. The van der Waals surface area contributed by atoms with Crippen molar-refractivity contribution in [2.24, 2.45) is 11.8 Å². The lowest BCUT2D eigenvalue weighted by Gasteiger charge is -2.22. The number of aliphatic hydroxyl groups excluding tert-OH is 1. The third kappa shape index (κ3) is 2.76. The zero-order valence-electron chi connectivity index (χ0n) is 10.2. The first-order valence-electron chi connectivity index (χ1n) is 6.63. The van der Waals surface area contributed by atoms with Gasteiger partial charge in [0.05, 0.1) is 6.10 Å². The second-order valence-corrected chi connectivity index (χ2v) is 5.51. The lowest BCUT2D eigenvalue weighted by molar-refractivity contribution is -0.134. The molecule has 1 N–H and O–H groups in total. The maximum absolute atomic E-state index is 12.1. The minimum Gasteiger partial charge on any atom is -0.391 e. The molecule has 2 fully saturated rings. The molecule has 0 bridgehead atoms. The zero-order valence-corrected chi connectivity index (χ0v) is 10.2. The molecule has 0 aromatic rings. The number of carbonyl (C=O) groups excluding carboxylic acids is 1. The molecule has 92 valence electrons. The fourth-order valence-corrected chi connectivity index (χ4v) is 3.10. The van der Waals surface area contributed by atoms with Gasteiger partial charge in [-0.25, -0.2) is 0 Å². The largest absolute Gasteiger partial charge is 0.391 e. The molecule has 0 radical (unpaired) electrons. The quantitative estimate of drug-likeness (QED) is 0.795. The van der Waals surface area contributed by atoms with Crippen molar-refractivity contribution in [1.82, 2.24) is 4.90 Å². The number of rotatable bonds is 3. The SMILES string of the molecule is CC(CC1CCCC1)C(=O)N1CC[C@@H](O)C1. The van der Waals surface area contributed by atoms with E-state index in [0.29, 0.717) is 6.54 Å². The van der Waals surface area contributed by atoms with Crippen molar-refractivity contribution in [3.05, 3.63) is 0 Å². The molecule has 2 atom stereocenters. The maximum Gasteiger partial charge on any atom is 0.225 e. The van der Waals surface area contributed by atoms with Gasteiger partial charge in [-0.15, -0.1) is 0 Å². The summed E-state index contributed by atoms with van der Waals surface area (Å²) in [6, 6.07) is 0. The van der Waals surface area contributed by atoms with E-state index in [0.717, 1.165) is 25.3 Å². The van der Waals surface area contributed by atoms with Crippen LogP contribution in [0.25, 0.3) is 0 Å².